The molecule has 0 aliphatic heterocycles. The molecule has 0 spiro atoms. The maximum Gasteiger partial charge on any atom is 0.277 e. The Morgan fingerprint density at radius 2 is 2.05 bits per heavy atom. The van der Waals surface area contributed by atoms with Crippen LogP contribution >= 0.6 is 38.5 Å². The van der Waals surface area contributed by atoms with Gasteiger partial charge in [0.2, 0.25) is 0 Å². The summed E-state index contributed by atoms with van der Waals surface area (Å²) in [4.78, 5) is 11.6. The molecule has 0 unspecified atom stereocenters. The molecule has 6 heteroatoms. The molecular weight excluding hydrogens is 447 g/mol. The monoisotopic (exact) mass is 458 g/mol. The standard InChI is InChI=1S/C15H12BrIN2O2/c16-12-2-1-3-14(8-12)21-10-15(20)19-18-9-11-4-6-13(17)7-5-11/h1-9H,10H2,(H,19,20)/b18-9-. The molecule has 1 amide bonds. The van der Waals surface area contributed by atoms with Crippen LogP contribution in [-0.4, -0.2) is 18.7 Å². The fourth-order valence-corrected chi connectivity index (χ4v) is 2.20. The van der Waals surface area contributed by atoms with Gasteiger partial charge in [0.15, 0.2) is 6.61 Å². The van der Waals surface area contributed by atoms with Crippen LogP contribution in [0.25, 0.3) is 0 Å². The Morgan fingerprint density at radius 1 is 1.29 bits per heavy atom. The third-order valence-corrected chi connectivity index (χ3v) is 3.65. The van der Waals surface area contributed by atoms with Gasteiger partial charge in [0.1, 0.15) is 5.75 Å². The topological polar surface area (TPSA) is 50.7 Å². The van der Waals surface area contributed by atoms with E-state index >= 15 is 0 Å². The number of hydrogen-bond acceptors (Lipinski definition) is 3. The number of amides is 1. The van der Waals surface area contributed by atoms with Crippen molar-refractivity contribution in [3.63, 3.8) is 0 Å². The first-order valence-corrected chi connectivity index (χ1v) is 7.96. The number of carbonyl (C=O) groups is 1. The summed E-state index contributed by atoms with van der Waals surface area (Å²) in [5, 5.41) is 3.88. The highest BCUT2D eigenvalue weighted by Crippen LogP contribution is 2.17. The van der Waals surface area contributed by atoms with E-state index in [0.717, 1.165) is 13.6 Å². The first-order valence-electron chi connectivity index (χ1n) is 6.09. The molecule has 0 bridgehead atoms. The highest BCUT2D eigenvalue weighted by Gasteiger charge is 2.01. The number of nitrogens with one attached hydrogen (secondary N) is 1. The first-order chi connectivity index (χ1) is 10.1. The number of carbonyl (C=O) groups excluding carboxylic acids is 1. The van der Waals surface area contributed by atoms with Crippen LogP contribution in [0.5, 0.6) is 5.75 Å². The van der Waals surface area contributed by atoms with Gasteiger partial charge in [-0.25, -0.2) is 5.43 Å². The van der Waals surface area contributed by atoms with E-state index in [1.54, 1.807) is 18.3 Å². The summed E-state index contributed by atoms with van der Waals surface area (Å²) in [6.45, 7) is -0.0829. The van der Waals surface area contributed by atoms with Gasteiger partial charge in [-0.1, -0.05) is 34.1 Å². The van der Waals surface area contributed by atoms with Gasteiger partial charge < -0.3 is 4.74 Å². The average Bonchev–Trinajstić information content (AvgIpc) is 2.47. The molecule has 0 aromatic heterocycles. The van der Waals surface area contributed by atoms with Crippen LogP contribution in [0.3, 0.4) is 0 Å². The van der Waals surface area contributed by atoms with E-state index < -0.39 is 0 Å². The van der Waals surface area contributed by atoms with E-state index in [1.807, 2.05) is 36.4 Å². The Kier molecular flexibility index (Phi) is 6.19. The molecule has 0 saturated heterocycles. The predicted molar refractivity (Wildman–Crippen MR) is 94.5 cm³/mol. The van der Waals surface area contributed by atoms with E-state index in [4.69, 9.17) is 4.74 Å². The second kappa shape index (κ2) is 8.14. The normalized spacial score (nSPS) is 10.6. The van der Waals surface area contributed by atoms with Crippen LogP contribution in [0.4, 0.5) is 0 Å². The van der Waals surface area contributed by atoms with Gasteiger partial charge in [-0.05, 0) is 58.5 Å². The molecule has 108 valence electrons. The third-order valence-electron chi connectivity index (χ3n) is 2.44. The van der Waals surface area contributed by atoms with Crippen molar-refractivity contribution in [3.05, 3.63) is 62.1 Å². The Balaban J connectivity index is 1.78. The zero-order valence-electron chi connectivity index (χ0n) is 10.9. The lowest BCUT2D eigenvalue weighted by Crippen LogP contribution is -2.24. The Hall–Kier alpha value is -1.41. The maximum atomic E-state index is 11.6. The average molecular weight is 459 g/mol. The fourth-order valence-electron chi connectivity index (χ4n) is 1.47. The molecule has 0 saturated carbocycles. The van der Waals surface area contributed by atoms with E-state index in [0.29, 0.717) is 5.75 Å². The van der Waals surface area contributed by atoms with Crippen LogP contribution in [-0.2, 0) is 4.79 Å². The molecule has 0 atom stereocenters. The quantitative estimate of drug-likeness (QED) is 0.423. The highest BCUT2D eigenvalue weighted by atomic mass is 127. The number of halogens is 2. The lowest BCUT2D eigenvalue weighted by molar-refractivity contribution is -0.123. The van der Waals surface area contributed by atoms with E-state index in [1.165, 1.54) is 0 Å². The minimum Gasteiger partial charge on any atom is -0.484 e. The maximum absolute atomic E-state index is 11.6. The van der Waals surface area contributed by atoms with Crippen molar-refractivity contribution in [1.82, 2.24) is 5.43 Å². The molecule has 2 rings (SSSR count). The summed E-state index contributed by atoms with van der Waals surface area (Å²) in [5.41, 5.74) is 3.34. The van der Waals surface area contributed by atoms with Crippen LogP contribution in [0.1, 0.15) is 5.56 Å². The van der Waals surface area contributed by atoms with Gasteiger partial charge in [0.05, 0.1) is 6.21 Å². The number of rotatable bonds is 5. The van der Waals surface area contributed by atoms with Crippen LogP contribution in [0, 0.1) is 3.57 Å². The Morgan fingerprint density at radius 3 is 2.76 bits per heavy atom. The Bertz CT molecular complexity index is 644. The molecule has 0 fully saturated rings. The van der Waals surface area contributed by atoms with Gasteiger partial charge in [0, 0.05) is 8.04 Å². The van der Waals surface area contributed by atoms with E-state index in [-0.39, 0.29) is 12.5 Å². The van der Waals surface area contributed by atoms with Crippen molar-refractivity contribution in [2.24, 2.45) is 5.10 Å². The number of benzene rings is 2. The van der Waals surface area contributed by atoms with Crippen molar-refractivity contribution in [2.75, 3.05) is 6.61 Å². The van der Waals surface area contributed by atoms with E-state index in [9.17, 15) is 4.79 Å². The number of ether oxygens (including phenoxy) is 1. The highest BCUT2D eigenvalue weighted by molar-refractivity contribution is 14.1. The SMILES string of the molecule is O=C(COc1cccc(Br)c1)N/N=C\c1ccc(I)cc1. The third kappa shape index (κ3) is 5.84. The largest absolute Gasteiger partial charge is 0.484 e. The molecule has 1 N–H and O–H groups in total. The number of nitrogens with zero attached hydrogens (tertiary/aromatic N) is 1. The van der Waals surface area contributed by atoms with Crippen molar-refractivity contribution < 1.29 is 9.53 Å². The summed E-state index contributed by atoms with van der Waals surface area (Å²) in [7, 11) is 0. The second-order valence-corrected chi connectivity index (χ2v) is 6.25. The van der Waals surface area contributed by atoms with Gasteiger partial charge >= 0.3 is 0 Å². The summed E-state index contributed by atoms with van der Waals surface area (Å²) in [6.07, 6.45) is 1.59. The number of hydrazone groups is 1. The molecule has 0 heterocycles. The predicted octanol–water partition coefficient (Wildman–Crippen LogP) is 3.58. The summed E-state index contributed by atoms with van der Waals surface area (Å²) < 4.78 is 7.40. The van der Waals surface area contributed by atoms with Crippen molar-refractivity contribution in [3.8, 4) is 5.75 Å². The van der Waals surface area contributed by atoms with Crippen molar-refractivity contribution >= 4 is 50.6 Å². The zero-order chi connectivity index (χ0) is 15.1. The summed E-state index contributed by atoms with van der Waals surface area (Å²) in [5.74, 6) is 0.317. The molecular formula is C15H12BrIN2O2. The van der Waals surface area contributed by atoms with Gasteiger partial charge in [-0.3, -0.25) is 4.79 Å². The molecule has 4 nitrogen and oxygen atoms in total. The minimum atomic E-state index is -0.309. The minimum absolute atomic E-state index is 0.0829. The second-order valence-electron chi connectivity index (χ2n) is 4.09. The van der Waals surface area contributed by atoms with Crippen LogP contribution in [0.15, 0.2) is 58.1 Å². The number of hydrogen-bond donors (Lipinski definition) is 1. The summed E-state index contributed by atoms with van der Waals surface area (Å²) >= 11 is 5.57. The molecule has 2 aromatic rings. The van der Waals surface area contributed by atoms with Crippen LogP contribution in [0.2, 0.25) is 0 Å². The van der Waals surface area contributed by atoms with Gasteiger partial charge in [-0.2, -0.15) is 5.10 Å². The van der Waals surface area contributed by atoms with E-state index in [2.05, 4.69) is 49.0 Å². The summed E-state index contributed by atoms with van der Waals surface area (Å²) in [6, 6.07) is 15.1. The molecule has 0 aliphatic rings. The van der Waals surface area contributed by atoms with Crippen molar-refractivity contribution in [2.45, 2.75) is 0 Å². The lowest BCUT2D eigenvalue weighted by Gasteiger charge is -2.05. The van der Waals surface area contributed by atoms with Crippen molar-refractivity contribution in [1.29, 1.82) is 0 Å². The molecule has 2 aromatic carbocycles. The molecule has 0 aliphatic carbocycles. The van der Waals surface area contributed by atoms with Crippen LogP contribution < -0.4 is 10.2 Å². The fraction of sp³-hybridized carbons (Fsp3) is 0.0667. The Labute approximate surface area is 144 Å². The first kappa shape index (κ1) is 16.0. The molecule has 0 radical (unpaired) electrons. The lowest BCUT2D eigenvalue weighted by atomic mass is 10.2. The molecule has 21 heavy (non-hydrogen) atoms. The smallest absolute Gasteiger partial charge is 0.277 e. The zero-order valence-corrected chi connectivity index (χ0v) is 14.7. The van der Waals surface area contributed by atoms with Gasteiger partial charge in [-0.15, -0.1) is 0 Å². The van der Waals surface area contributed by atoms with Gasteiger partial charge in [0.25, 0.3) is 5.91 Å².